The van der Waals surface area contributed by atoms with Crippen LogP contribution in [-0.2, 0) is 0 Å². The van der Waals surface area contributed by atoms with Crippen molar-refractivity contribution in [2.24, 2.45) is 0 Å². The molecule has 1 aromatic rings. The topological polar surface area (TPSA) is 12.0 Å². The minimum Gasteiger partial charge on any atom is -0.382 e. The second-order valence-electron chi connectivity index (χ2n) is 3.04. The van der Waals surface area contributed by atoms with Gasteiger partial charge >= 0.3 is 0 Å². The molecule has 0 unspecified atom stereocenters. The number of benzene rings is 1. The molecular weight excluding hydrogens is 177 g/mol. The van der Waals surface area contributed by atoms with Gasteiger partial charge in [0.1, 0.15) is 5.82 Å². The molecule has 14 heavy (non-hydrogen) atoms. The molecule has 0 bridgehead atoms. The van der Waals surface area contributed by atoms with Crippen molar-refractivity contribution in [1.29, 1.82) is 0 Å². The average molecular weight is 191 g/mol. The van der Waals surface area contributed by atoms with Crippen molar-refractivity contribution in [3.05, 3.63) is 29.6 Å². The number of hydrogen-bond acceptors (Lipinski definition) is 1. The van der Waals surface area contributed by atoms with Crippen LogP contribution in [0, 0.1) is 24.6 Å². The molecule has 0 radical (unpaired) electrons. The molecule has 0 spiro atoms. The van der Waals surface area contributed by atoms with E-state index >= 15 is 0 Å². The van der Waals surface area contributed by atoms with Crippen LogP contribution in [0.15, 0.2) is 18.2 Å². The monoisotopic (exact) mass is 191 g/mol. The molecule has 1 aromatic carbocycles. The van der Waals surface area contributed by atoms with Crippen LogP contribution in [0.4, 0.5) is 10.1 Å². The standard InChI is InChI=1S/C12H14FN/c1-3-4-5-9-14-11-8-6-7-10(2)12(11)13/h6-8,14H,5,9H2,1-2H3. The van der Waals surface area contributed by atoms with Crippen molar-refractivity contribution < 1.29 is 4.39 Å². The first kappa shape index (κ1) is 10.6. The zero-order chi connectivity index (χ0) is 10.4. The minimum atomic E-state index is -0.169. The summed E-state index contributed by atoms with van der Waals surface area (Å²) in [6.45, 7) is 4.24. The van der Waals surface area contributed by atoms with Crippen molar-refractivity contribution in [3.8, 4) is 11.8 Å². The summed E-state index contributed by atoms with van der Waals surface area (Å²) in [4.78, 5) is 0. The third-order valence-corrected chi connectivity index (χ3v) is 1.93. The van der Waals surface area contributed by atoms with Crippen LogP contribution in [0.1, 0.15) is 18.9 Å². The number of nitrogens with one attached hydrogen (secondary N) is 1. The summed E-state index contributed by atoms with van der Waals surface area (Å²) in [5, 5.41) is 3.01. The smallest absolute Gasteiger partial charge is 0.149 e. The van der Waals surface area contributed by atoms with E-state index in [-0.39, 0.29) is 5.82 Å². The highest BCUT2D eigenvalue weighted by Gasteiger charge is 2.02. The van der Waals surface area contributed by atoms with Crippen molar-refractivity contribution in [1.82, 2.24) is 0 Å². The summed E-state index contributed by atoms with van der Waals surface area (Å²) < 4.78 is 13.4. The lowest BCUT2D eigenvalue weighted by atomic mass is 10.2. The Hall–Kier alpha value is -1.49. The number of anilines is 1. The Labute approximate surface area is 84.3 Å². The average Bonchev–Trinajstić information content (AvgIpc) is 2.19. The van der Waals surface area contributed by atoms with Gasteiger partial charge in [-0.3, -0.25) is 0 Å². The fourth-order valence-corrected chi connectivity index (χ4v) is 1.17. The Kier molecular flexibility index (Phi) is 4.00. The van der Waals surface area contributed by atoms with Crippen LogP contribution in [0.3, 0.4) is 0 Å². The van der Waals surface area contributed by atoms with Crippen LogP contribution < -0.4 is 5.32 Å². The summed E-state index contributed by atoms with van der Waals surface area (Å²) in [5.74, 6) is 5.54. The molecule has 0 aliphatic carbocycles. The van der Waals surface area contributed by atoms with Gasteiger partial charge < -0.3 is 5.32 Å². The van der Waals surface area contributed by atoms with Crippen LogP contribution in [0.5, 0.6) is 0 Å². The Morgan fingerprint density at radius 1 is 1.43 bits per heavy atom. The first-order chi connectivity index (χ1) is 6.75. The van der Waals surface area contributed by atoms with Gasteiger partial charge in [-0.05, 0) is 25.5 Å². The molecule has 0 aromatic heterocycles. The van der Waals surface area contributed by atoms with Crippen LogP contribution in [0.25, 0.3) is 0 Å². The van der Waals surface area contributed by atoms with Gasteiger partial charge in [-0.2, -0.15) is 0 Å². The first-order valence-corrected chi connectivity index (χ1v) is 4.64. The fraction of sp³-hybridized carbons (Fsp3) is 0.333. The van der Waals surface area contributed by atoms with Gasteiger partial charge in [0, 0.05) is 13.0 Å². The molecule has 1 nitrogen and oxygen atoms in total. The molecule has 0 fully saturated rings. The molecule has 0 atom stereocenters. The summed E-state index contributed by atoms with van der Waals surface area (Å²) in [6.07, 6.45) is 0.740. The molecule has 0 heterocycles. The van der Waals surface area contributed by atoms with Crippen LogP contribution in [0.2, 0.25) is 0 Å². The number of rotatable bonds is 3. The maximum atomic E-state index is 13.4. The van der Waals surface area contributed by atoms with E-state index in [9.17, 15) is 4.39 Å². The van der Waals surface area contributed by atoms with Gasteiger partial charge in [-0.25, -0.2) is 4.39 Å². The summed E-state index contributed by atoms with van der Waals surface area (Å²) in [7, 11) is 0. The molecule has 0 amide bonds. The molecule has 74 valence electrons. The Morgan fingerprint density at radius 3 is 2.93 bits per heavy atom. The van der Waals surface area contributed by atoms with Crippen LogP contribution in [-0.4, -0.2) is 6.54 Å². The lowest BCUT2D eigenvalue weighted by Gasteiger charge is -2.06. The maximum absolute atomic E-state index is 13.4. The van der Waals surface area contributed by atoms with Crippen LogP contribution >= 0.6 is 0 Å². The van der Waals surface area contributed by atoms with E-state index in [2.05, 4.69) is 17.2 Å². The van der Waals surface area contributed by atoms with E-state index in [1.807, 2.05) is 6.07 Å². The summed E-state index contributed by atoms with van der Waals surface area (Å²) in [5.41, 5.74) is 1.22. The fourth-order valence-electron chi connectivity index (χ4n) is 1.17. The normalized spacial score (nSPS) is 9.07. The Morgan fingerprint density at radius 2 is 2.21 bits per heavy atom. The third-order valence-electron chi connectivity index (χ3n) is 1.93. The van der Waals surface area contributed by atoms with Gasteiger partial charge in [-0.15, -0.1) is 11.8 Å². The molecule has 1 rings (SSSR count). The molecule has 0 aliphatic heterocycles. The molecule has 0 aliphatic rings. The SMILES string of the molecule is CC#CCCNc1cccc(C)c1F. The van der Waals surface area contributed by atoms with Crippen molar-refractivity contribution in [2.45, 2.75) is 20.3 Å². The first-order valence-electron chi connectivity index (χ1n) is 4.64. The Balaban J connectivity index is 2.57. The summed E-state index contributed by atoms with van der Waals surface area (Å²) in [6, 6.07) is 5.33. The lowest BCUT2D eigenvalue weighted by molar-refractivity contribution is 0.621. The predicted molar refractivity (Wildman–Crippen MR) is 57.7 cm³/mol. The van der Waals surface area contributed by atoms with Gasteiger partial charge in [0.25, 0.3) is 0 Å². The number of hydrogen-bond donors (Lipinski definition) is 1. The molecule has 0 saturated carbocycles. The van der Waals surface area contributed by atoms with E-state index in [0.29, 0.717) is 17.8 Å². The molecule has 1 N–H and O–H groups in total. The van der Waals surface area contributed by atoms with Crippen molar-refractivity contribution >= 4 is 5.69 Å². The van der Waals surface area contributed by atoms with Gasteiger partial charge in [0.15, 0.2) is 0 Å². The van der Waals surface area contributed by atoms with E-state index in [1.165, 1.54) is 0 Å². The highest BCUT2D eigenvalue weighted by molar-refractivity contribution is 5.47. The summed E-state index contributed by atoms with van der Waals surface area (Å²) >= 11 is 0. The number of halogens is 1. The quantitative estimate of drug-likeness (QED) is 0.572. The second-order valence-corrected chi connectivity index (χ2v) is 3.04. The second kappa shape index (κ2) is 5.29. The zero-order valence-electron chi connectivity index (χ0n) is 8.52. The Bertz CT molecular complexity index is 360. The van der Waals surface area contributed by atoms with Crippen molar-refractivity contribution in [3.63, 3.8) is 0 Å². The van der Waals surface area contributed by atoms with Gasteiger partial charge in [-0.1, -0.05) is 12.1 Å². The zero-order valence-corrected chi connectivity index (χ0v) is 8.52. The maximum Gasteiger partial charge on any atom is 0.149 e. The van der Waals surface area contributed by atoms with E-state index < -0.39 is 0 Å². The number of aryl methyl sites for hydroxylation is 1. The van der Waals surface area contributed by atoms with Crippen molar-refractivity contribution in [2.75, 3.05) is 11.9 Å². The molecule has 0 saturated heterocycles. The van der Waals surface area contributed by atoms with Gasteiger partial charge in [0.2, 0.25) is 0 Å². The van der Waals surface area contributed by atoms with Gasteiger partial charge in [0.05, 0.1) is 5.69 Å². The van der Waals surface area contributed by atoms with E-state index in [1.54, 1.807) is 26.0 Å². The third kappa shape index (κ3) is 2.77. The lowest BCUT2D eigenvalue weighted by Crippen LogP contribution is -2.03. The highest BCUT2D eigenvalue weighted by atomic mass is 19.1. The molecular formula is C12H14FN. The van der Waals surface area contributed by atoms with E-state index in [4.69, 9.17) is 0 Å². The predicted octanol–water partition coefficient (Wildman–Crippen LogP) is 2.96. The minimum absolute atomic E-state index is 0.169. The highest BCUT2D eigenvalue weighted by Crippen LogP contribution is 2.16. The largest absolute Gasteiger partial charge is 0.382 e. The molecule has 2 heteroatoms. The van der Waals surface area contributed by atoms with E-state index in [0.717, 1.165) is 6.42 Å².